The average molecular weight is 517 g/mol. The fourth-order valence-corrected chi connectivity index (χ4v) is 5.44. The molecule has 0 saturated heterocycles. The Bertz CT molecular complexity index is 1270. The molecule has 0 aliphatic heterocycles. The lowest BCUT2D eigenvalue weighted by molar-refractivity contribution is 0.454. The Balaban J connectivity index is 1.45. The van der Waals surface area contributed by atoms with Crippen molar-refractivity contribution in [2.75, 3.05) is 0 Å². The van der Waals surface area contributed by atoms with Crippen LogP contribution in [0, 0.1) is 23.4 Å². The molecular formula is C35H39F3. The predicted molar refractivity (Wildman–Crippen MR) is 154 cm³/mol. The molecule has 3 aromatic carbocycles. The van der Waals surface area contributed by atoms with Gasteiger partial charge in [0.25, 0.3) is 0 Å². The summed E-state index contributed by atoms with van der Waals surface area (Å²) in [5.41, 5.74) is 4.63. The molecule has 200 valence electrons. The highest BCUT2D eigenvalue weighted by Gasteiger charge is 2.17. The lowest BCUT2D eigenvalue weighted by Crippen LogP contribution is -2.05. The van der Waals surface area contributed by atoms with Crippen molar-refractivity contribution in [1.29, 1.82) is 0 Å². The molecule has 0 saturated carbocycles. The Morgan fingerprint density at radius 2 is 1.53 bits per heavy atom. The molecule has 1 atom stereocenters. The largest absolute Gasteiger partial charge is 0.206 e. The second-order valence-corrected chi connectivity index (χ2v) is 10.5. The maximum Gasteiger partial charge on any atom is 0.166 e. The summed E-state index contributed by atoms with van der Waals surface area (Å²) in [6.07, 6.45) is 16.7. The van der Waals surface area contributed by atoms with Crippen molar-refractivity contribution in [3.8, 4) is 22.3 Å². The van der Waals surface area contributed by atoms with E-state index in [2.05, 4.69) is 32.1 Å². The van der Waals surface area contributed by atoms with Gasteiger partial charge in [-0.3, -0.25) is 0 Å². The smallest absolute Gasteiger partial charge is 0.166 e. The number of aryl methyl sites for hydroxylation is 1. The molecule has 0 spiro atoms. The Kier molecular flexibility index (Phi) is 10.0. The maximum absolute atomic E-state index is 15.2. The summed E-state index contributed by atoms with van der Waals surface area (Å²) < 4.78 is 44.8. The van der Waals surface area contributed by atoms with Crippen molar-refractivity contribution in [2.24, 2.45) is 5.92 Å². The molecule has 0 aromatic heterocycles. The normalized spacial score (nSPS) is 15.7. The van der Waals surface area contributed by atoms with E-state index in [1.165, 1.54) is 12.0 Å². The summed E-state index contributed by atoms with van der Waals surface area (Å²) in [5, 5.41) is 0. The van der Waals surface area contributed by atoms with Crippen LogP contribution >= 0.6 is 0 Å². The molecule has 0 heterocycles. The zero-order valence-electron chi connectivity index (χ0n) is 22.7. The maximum atomic E-state index is 15.2. The number of halogens is 3. The molecule has 0 fully saturated rings. The van der Waals surface area contributed by atoms with Crippen molar-refractivity contribution in [3.05, 3.63) is 101 Å². The van der Waals surface area contributed by atoms with Crippen LogP contribution in [0.2, 0.25) is 0 Å². The quantitative estimate of drug-likeness (QED) is 0.176. The first-order valence-electron chi connectivity index (χ1n) is 14.2. The lowest BCUT2D eigenvalue weighted by atomic mass is 9.84. The van der Waals surface area contributed by atoms with Gasteiger partial charge in [-0.05, 0) is 91.7 Å². The van der Waals surface area contributed by atoms with Crippen LogP contribution in [0.15, 0.2) is 72.8 Å². The molecule has 4 rings (SSSR count). The van der Waals surface area contributed by atoms with Crippen LogP contribution in [0.3, 0.4) is 0 Å². The van der Waals surface area contributed by atoms with Crippen molar-refractivity contribution in [2.45, 2.75) is 78.1 Å². The second-order valence-electron chi connectivity index (χ2n) is 10.5. The van der Waals surface area contributed by atoms with Crippen LogP contribution in [-0.2, 0) is 6.42 Å². The number of rotatable bonds is 11. The summed E-state index contributed by atoms with van der Waals surface area (Å²) in [6, 6.07) is 15.8. The van der Waals surface area contributed by atoms with Crippen LogP contribution in [0.25, 0.3) is 27.8 Å². The average Bonchev–Trinajstić information content (AvgIpc) is 2.94. The van der Waals surface area contributed by atoms with Crippen LogP contribution in [0.4, 0.5) is 13.2 Å². The molecule has 3 aromatic rings. The molecule has 3 heteroatoms. The van der Waals surface area contributed by atoms with Crippen molar-refractivity contribution in [1.82, 2.24) is 0 Å². The highest BCUT2D eigenvalue weighted by Crippen LogP contribution is 2.35. The molecule has 0 amide bonds. The minimum absolute atomic E-state index is 0.232. The molecule has 1 aliphatic rings. The van der Waals surface area contributed by atoms with Gasteiger partial charge < -0.3 is 0 Å². The van der Waals surface area contributed by atoms with E-state index in [9.17, 15) is 8.78 Å². The first-order valence-corrected chi connectivity index (χ1v) is 14.2. The predicted octanol–water partition coefficient (Wildman–Crippen LogP) is 11.1. The number of hydrogen-bond donors (Lipinski definition) is 0. The van der Waals surface area contributed by atoms with Crippen LogP contribution in [0.1, 0.15) is 82.8 Å². The lowest BCUT2D eigenvalue weighted by Gasteiger charge is -2.22. The van der Waals surface area contributed by atoms with Gasteiger partial charge >= 0.3 is 0 Å². The topological polar surface area (TPSA) is 0 Å². The van der Waals surface area contributed by atoms with Gasteiger partial charge in [0.15, 0.2) is 11.6 Å². The zero-order valence-corrected chi connectivity index (χ0v) is 22.7. The van der Waals surface area contributed by atoms with E-state index in [1.54, 1.807) is 42.5 Å². The standard InChI is InChI=1S/C35H39F3/c1-3-5-7-9-11-29-20-23-32(35(38)34(29)37)28-18-16-27(17-19-28)31-22-21-30(24-33(31)36)26-14-12-25(13-15-26)10-8-6-4-2/h4,6,14,16-25H,3,5,7-13,15H2,1-2H3. The van der Waals surface area contributed by atoms with Crippen LogP contribution in [0.5, 0.6) is 0 Å². The van der Waals surface area contributed by atoms with Crippen molar-refractivity contribution in [3.63, 3.8) is 0 Å². The monoisotopic (exact) mass is 516 g/mol. The molecule has 0 N–H and O–H groups in total. The molecule has 0 bridgehead atoms. The first-order chi connectivity index (χ1) is 18.5. The Morgan fingerprint density at radius 1 is 0.816 bits per heavy atom. The van der Waals surface area contributed by atoms with Crippen molar-refractivity contribution < 1.29 is 13.2 Å². The third kappa shape index (κ3) is 6.87. The summed E-state index contributed by atoms with van der Waals surface area (Å²) in [4.78, 5) is 0. The Morgan fingerprint density at radius 3 is 2.18 bits per heavy atom. The minimum Gasteiger partial charge on any atom is -0.206 e. The first kappa shape index (κ1) is 28.0. The fourth-order valence-electron chi connectivity index (χ4n) is 5.44. The Labute approximate surface area is 226 Å². The third-order valence-electron chi connectivity index (χ3n) is 7.81. The van der Waals surface area contributed by atoms with E-state index >= 15 is 4.39 Å². The van der Waals surface area contributed by atoms with Crippen LogP contribution < -0.4 is 0 Å². The van der Waals surface area contributed by atoms with E-state index in [0.717, 1.165) is 56.9 Å². The van der Waals surface area contributed by atoms with Gasteiger partial charge in [-0.15, -0.1) is 0 Å². The molecule has 1 unspecified atom stereocenters. The van der Waals surface area contributed by atoms with Gasteiger partial charge in [0.05, 0.1) is 0 Å². The third-order valence-corrected chi connectivity index (χ3v) is 7.81. The molecule has 0 nitrogen and oxygen atoms in total. The number of unbranched alkanes of at least 4 members (excludes halogenated alkanes) is 3. The molecule has 38 heavy (non-hydrogen) atoms. The fraction of sp³-hybridized carbons (Fsp3) is 0.371. The number of hydrogen-bond acceptors (Lipinski definition) is 0. The van der Waals surface area contributed by atoms with Gasteiger partial charge in [-0.2, -0.15) is 0 Å². The van der Waals surface area contributed by atoms with E-state index in [1.807, 2.05) is 12.1 Å². The van der Waals surface area contributed by atoms with E-state index < -0.39 is 11.6 Å². The molecule has 0 radical (unpaired) electrons. The van der Waals surface area contributed by atoms with Gasteiger partial charge in [0.2, 0.25) is 0 Å². The van der Waals surface area contributed by atoms with Gasteiger partial charge in [-0.1, -0.05) is 92.9 Å². The van der Waals surface area contributed by atoms with Gasteiger partial charge in [0, 0.05) is 11.1 Å². The van der Waals surface area contributed by atoms with E-state index in [-0.39, 0.29) is 11.4 Å². The molecular weight excluding hydrogens is 477 g/mol. The molecule has 1 aliphatic carbocycles. The minimum atomic E-state index is -0.814. The van der Waals surface area contributed by atoms with E-state index in [0.29, 0.717) is 34.6 Å². The Hall–Kier alpha value is -3.07. The van der Waals surface area contributed by atoms with Crippen molar-refractivity contribution >= 4 is 5.57 Å². The number of allylic oxidation sites excluding steroid dienone is 4. The highest BCUT2D eigenvalue weighted by molar-refractivity contribution is 5.74. The second kappa shape index (κ2) is 13.6. The number of benzene rings is 3. The summed E-state index contributed by atoms with van der Waals surface area (Å²) in [6.45, 7) is 4.18. The summed E-state index contributed by atoms with van der Waals surface area (Å²) in [5.74, 6) is -1.13. The highest BCUT2D eigenvalue weighted by atomic mass is 19.2. The summed E-state index contributed by atoms with van der Waals surface area (Å²) in [7, 11) is 0. The van der Waals surface area contributed by atoms with Crippen LogP contribution in [-0.4, -0.2) is 0 Å². The zero-order chi connectivity index (χ0) is 26.9. The SMILES string of the molecule is CC=CCCC1CC=C(c2ccc(-c3ccc(-c4ccc(CCCCCC)c(F)c4F)cc3)c(F)c2)CC1. The van der Waals surface area contributed by atoms with Gasteiger partial charge in [0.1, 0.15) is 5.82 Å². The van der Waals surface area contributed by atoms with E-state index in [4.69, 9.17) is 0 Å². The summed E-state index contributed by atoms with van der Waals surface area (Å²) >= 11 is 0. The van der Waals surface area contributed by atoms with Gasteiger partial charge in [-0.25, -0.2) is 13.2 Å².